The van der Waals surface area contributed by atoms with E-state index in [4.69, 9.17) is 14.9 Å². The van der Waals surface area contributed by atoms with Crippen LogP contribution in [0.3, 0.4) is 0 Å². The molecule has 0 unspecified atom stereocenters. The highest BCUT2D eigenvalue weighted by atomic mass is 16.3. The molecule has 0 saturated carbocycles. The molecule has 2 aromatic rings. The second-order valence-electron chi connectivity index (χ2n) is 4.35. The van der Waals surface area contributed by atoms with Crippen LogP contribution < -0.4 is 0 Å². The molecule has 4 heteroatoms. The number of nitrogens with zero attached hydrogens (tertiary/aromatic N) is 3. The highest BCUT2D eigenvalue weighted by Gasteiger charge is 2.10. The lowest BCUT2D eigenvalue weighted by Gasteiger charge is -2.18. The average Bonchev–Trinajstić information content (AvgIpc) is 2.85. The summed E-state index contributed by atoms with van der Waals surface area (Å²) in [6, 6.07) is 12.2. The maximum absolute atomic E-state index is 8.68. The lowest BCUT2D eigenvalue weighted by atomic mass is 10.1. The van der Waals surface area contributed by atoms with Crippen LogP contribution in [0.2, 0.25) is 0 Å². The van der Waals surface area contributed by atoms with Gasteiger partial charge in [0, 0.05) is 43.4 Å². The molecule has 0 aliphatic rings. The molecule has 96 valence electrons. The quantitative estimate of drug-likeness (QED) is 0.793. The van der Waals surface area contributed by atoms with E-state index in [-0.39, 0.29) is 0 Å². The van der Waals surface area contributed by atoms with Gasteiger partial charge in [-0.25, -0.2) is 0 Å². The Labute approximate surface area is 112 Å². The van der Waals surface area contributed by atoms with Crippen LogP contribution in [-0.4, -0.2) is 18.0 Å². The van der Waals surface area contributed by atoms with Gasteiger partial charge in [0.15, 0.2) is 0 Å². The van der Waals surface area contributed by atoms with Gasteiger partial charge in [-0.3, -0.25) is 4.90 Å². The fraction of sp³-hybridized carbons (Fsp3) is 0.333. The van der Waals surface area contributed by atoms with Crippen molar-refractivity contribution in [1.29, 1.82) is 10.5 Å². The molecule has 0 aliphatic heterocycles. The lowest BCUT2D eigenvalue weighted by Crippen LogP contribution is -2.25. The van der Waals surface area contributed by atoms with Crippen molar-refractivity contribution in [2.75, 3.05) is 13.1 Å². The Kier molecular flexibility index (Phi) is 4.55. The number of benzene rings is 1. The molecule has 1 aromatic heterocycles. The number of fused-ring (bicyclic) bond motifs is 1. The van der Waals surface area contributed by atoms with Gasteiger partial charge in [-0.1, -0.05) is 18.2 Å². The number of hydrogen-bond acceptors (Lipinski definition) is 4. The van der Waals surface area contributed by atoms with Gasteiger partial charge in [0.1, 0.15) is 5.58 Å². The minimum absolute atomic E-state index is 0.473. The van der Waals surface area contributed by atoms with Crippen molar-refractivity contribution in [1.82, 2.24) is 4.90 Å². The fourth-order valence-corrected chi connectivity index (χ4v) is 2.08. The molecule has 1 heterocycles. The number of rotatable bonds is 6. The van der Waals surface area contributed by atoms with E-state index in [0.717, 1.165) is 16.5 Å². The van der Waals surface area contributed by atoms with Crippen molar-refractivity contribution in [3.63, 3.8) is 0 Å². The Morgan fingerprint density at radius 1 is 1.05 bits per heavy atom. The van der Waals surface area contributed by atoms with E-state index < -0.39 is 0 Å². The summed E-state index contributed by atoms with van der Waals surface area (Å²) < 4.78 is 5.50. The molecule has 4 nitrogen and oxygen atoms in total. The molecule has 0 bridgehead atoms. The first-order valence-corrected chi connectivity index (χ1v) is 6.26. The van der Waals surface area contributed by atoms with Gasteiger partial charge in [0.2, 0.25) is 0 Å². The molecule has 0 saturated heterocycles. The number of para-hydroxylation sites is 1. The molecule has 0 aliphatic carbocycles. The first-order chi connectivity index (χ1) is 9.35. The van der Waals surface area contributed by atoms with Gasteiger partial charge in [-0.15, -0.1) is 0 Å². The smallest absolute Gasteiger partial charge is 0.134 e. The first-order valence-electron chi connectivity index (χ1n) is 6.26. The van der Waals surface area contributed by atoms with Gasteiger partial charge in [0.25, 0.3) is 0 Å². The third-order valence-electron chi connectivity index (χ3n) is 3.03. The topological polar surface area (TPSA) is 64.0 Å². The van der Waals surface area contributed by atoms with E-state index in [1.165, 1.54) is 0 Å². The summed E-state index contributed by atoms with van der Waals surface area (Å²) in [5.74, 6) is 0. The standard InChI is InChI=1S/C15H15N3O/c16-7-3-9-18(10-4-8-17)11-13-12-19-15-6-2-1-5-14(13)15/h1-2,5-6,12H,3-4,9-11H2. The van der Waals surface area contributed by atoms with Crippen LogP contribution in [-0.2, 0) is 6.54 Å². The number of furan rings is 1. The summed E-state index contributed by atoms with van der Waals surface area (Å²) >= 11 is 0. The minimum Gasteiger partial charge on any atom is -0.464 e. The van der Waals surface area contributed by atoms with E-state index >= 15 is 0 Å². The van der Waals surface area contributed by atoms with Crippen LogP contribution >= 0.6 is 0 Å². The molecule has 0 radical (unpaired) electrons. The van der Waals surface area contributed by atoms with Gasteiger partial charge < -0.3 is 4.42 Å². The van der Waals surface area contributed by atoms with Gasteiger partial charge in [-0.2, -0.15) is 10.5 Å². The Bertz CT molecular complexity index is 600. The molecule has 2 rings (SSSR count). The third kappa shape index (κ3) is 3.34. The molecular formula is C15H15N3O. The molecule has 0 N–H and O–H groups in total. The van der Waals surface area contributed by atoms with E-state index in [1.54, 1.807) is 6.26 Å². The predicted molar refractivity (Wildman–Crippen MR) is 72.0 cm³/mol. The normalized spacial score (nSPS) is 10.5. The first kappa shape index (κ1) is 13.1. The molecule has 0 fully saturated rings. The van der Waals surface area contributed by atoms with Crippen molar-refractivity contribution in [2.45, 2.75) is 19.4 Å². The second kappa shape index (κ2) is 6.58. The van der Waals surface area contributed by atoms with E-state index in [0.29, 0.717) is 32.5 Å². The molecule has 0 amide bonds. The summed E-state index contributed by atoms with van der Waals surface area (Å²) in [5.41, 5.74) is 1.98. The van der Waals surface area contributed by atoms with Crippen molar-refractivity contribution in [2.24, 2.45) is 0 Å². The molecule has 19 heavy (non-hydrogen) atoms. The summed E-state index contributed by atoms with van der Waals surface area (Å²) in [6.45, 7) is 2.07. The van der Waals surface area contributed by atoms with Crippen molar-refractivity contribution in [3.05, 3.63) is 36.1 Å². The fourth-order valence-electron chi connectivity index (χ4n) is 2.08. The zero-order valence-corrected chi connectivity index (χ0v) is 10.7. The van der Waals surface area contributed by atoms with Gasteiger partial charge >= 0.3 is 0 Å². The van der Waals surface area contributed by atoms with Crippen LogP contribution in [0.4, 0.5) is 0 Å². The van der Waals surface area contributed by atoms with Crippen molar-refractivity contribution < 1.29 is 4.42 Å². The van der Waals surface area contributed by atoms with Gasteiger partial charge in [-0.05, 0) is 6.07 Å². The Morgan fingerprint density at radius 2 is 1.74 bits per heavy atom. The van der Waals surface area contributed by atoms with Crippen molar-refractivity contribution >= 4 is 11.0 Å². The summed E-state index contributed by atoms with van der Waals surface area (Å²) in [5, 5.41) is 18.5. The maximum atomic E-state index is 8.68. The van der Waals surface area contributed by atoms with E-state index in [2.05, 4.69) is 17.0 Å². The Hall–Kier alpha value is -2.30. The summed E-state index contributed by atoms with van der Waals surface area (Å²) in [6.07, 6.45) is 2.71. The molecular weight excluding hydrogens is 238 g/mol. The lowest BCUT2D eigenvalue weighted by molar-refractivity contribution is 0.278. The molecule has 1 aromatic carbocycles. The average molecular weight is 253 g/mol. The largest absolute Gasteiger partial charge is 0.464 e. The molecule has 0 atom stereocenters. The summed E-state index contributed by atoms with van der Waals surface area (Å²) in [4.78, 5) is 2.11. The predicted octanol–water partition coefficient (Wildman–Crippen LogP) is 3.06. The summed E-state index contributed by atoms with van der Waals surface area (Å²) in [7, 11) is 0. The number of hydrogen-bond donors (Lipinski definition) is 0. The highest BCUT2D eigenvalue weighted by molar-refractivity contribution is 5.80. The van der Waals surface area contributed by atoms with Crippen LogP contribution in [0.5, 0.6) is 0 Å². The number of nitriles is 2. The Morgan fingerprint density at radius 3 is 2.42 bits per heavy atom. The third-order valence-corrected chi connectivity index (χ3v) is 3.03. The zero-order valence-electron chi connectivity index (χ0n) is 10.7. The van der Waals surface area contributed by atoms with Gasteiger partial charge in [0.05, 0.1) is 18.4 Å². The van der Waals surface area contributed by atoms with Crippen molar-refractivity contribution in [3.8, 4) is 12.1 Å². The maximum Gasteiger partial charge on any atom is 0.134 e. The zero-order chi connectivity index (χ0) is 13.5. The SMILES string of the molecule is N#CCCN(CCC#N)Cc1coc2ccccc12. The second-order valence-corrected chi connectivity index (χ2v) is 4.35. The van der Waals surface area contributed by atoms with Crippen LogP contribution in [0.25, 0.3) is 11.0 Å². The van der Waals surface area contributed by atoms with E-state index in [9.17, 15) is 0 Å². The highest BCUT2D eigenvalue weighted by Crippen LogP contribution is 2.22. The van der Waals surface area contributed by atoms with Crippen LogP contribution in [0, 0.1) is 22.7 Å². The van der Waals surface area contributed by atoms with Crippen LogP contribution in [0.15, 0.2) is 34.9 Å². The monoisotopic (exact) mass is 253 g/mol. The minimum atomic E-state index is 0.473. The molecule has 0 spiro atoms. The van der Waals surface area contributed by atoms with Crippen LogP contribution in [0.1, 0.15) is 18.4 Å². The Balaban J connectivity index is 2.11. The van der Waals surface area contributed by atoms with E-state index in [1.807, 2.05) is 24.3 Å².